The van der Waals surface area contributed by atoms with Gasteiger partial charge in [-0.05, 0) is 45.9 Å². The van der Waals surface area contributed by atoms with Crippen LogP contribution in [-0.2, 0) is 0 Å². The van der Waals surface area contributed by atoms with E-state index >= 15 is 0 Å². The molecule has 0 atom stereocenters. The quantitative estimate of drug-likeness (QED) is 0.698. The van der Waals surface area contributed by atoms with Crippen LogP contribution in [0.5, 0.6) is 0 Å². The molecule has 1 rings (SSSR count). The van der Waals surface area contributed by atoms with E-state index in [4.69, 9.17) is 11.0 Å². The average Bonchev–Trinajstić information content (AvgIpc) is 2.18. The molecule has 4 nitrogen and oxygen atoms in total. The Morgan fingerprint density at radius 3 is 2.35 bits per heavy atom. The van der Waals surface area contributed by atoms with Crippen molar-refractivity contribution in [1.82, 2.24) is 0 Å². The molecular weight excluding hydrogens is 214 g/mol. The van der Waals surface area contributed by atoms with Gasteiger partial charge in [-0.25, -0.2) is 0 Å². The number of hydrogen-bond acceptors (Lipinski definition) is 4. The molecule has 0 unspecified atom stereocenters. The van der Waals surface area contributed by atoms with E-state index < -0.39 is 11.1 Å². The van der Waals surface area contributed by atoms with Gasteiger partial charge in [-0.1, -0.05) is 0 Å². The molecule has 0 amide bonds. The highest BCUT2D eigenvalue weighted by molar-refractivity contribution is 5.64. The average molecular weight is 233 g/mol. The van der Waals surface area contributed by atoms with Crippen molar-refractivity contribution in [2.24, 2.45) is 0 Å². The maximum absolute atomic E-state index is 10.1. The molecule has 0 aliphatic heterocycles. The molecule has 0 aliphatic carbocycles. The van der Waals surface area contributed by atoms with E-state index in [1.165, 1.54) is 0 Å². The SMILES string of the molecule is CC(C)(O)C(C)(C)Nc1ccc(N)cc1C#N. The lowest BCUT2D eigenvalue weighted by atomic mass is 9.85. The first-order valence-corrected chi connectivity index (χ1v) is 5.47. The number of aliphatic hydroxyl groups is 1. The molecule has 4 N–H and O–H groups in total. The Hall–Kier alpha value is -1.73. The minimum atomic E-state index is -0.916. The highest BCUT2D eigenvalue weighted by Crippen LogP contribution is 2.28. The fourth-order valence-electron chi connectivity index (χ4n) is 1.25. The fourth-order valence-corrected chi connectivity index (χ4v) is 1.25. The maximum Gasteiger partial charge on any atom is 0.101 e. The van der Waals surface area contributed by atoms with Crippen LogP contribution >= 0.6 is 0 Å². The second kappa shape index (κ2) is 4.27. The Morgan fingerprint density at radius 2 is 1.88 bits per heavy atom. The number of hydrogen-bond donors (Lipinski definition) is 3. The standard InChI is InChI=1S/C13H19N3O/c1-12(2,13(3,4)17)16-11-6-5-10(15)7-9(11)8-14/h5-7,16-17H,15H2,1-4H3. The highest BCUT2D eigenvalue weighted by atomic mass is 16.3. The summed E-state index contributed by atoms with van der Waals surface area (Å²) in [7, 11) is 0. The van der Waals surface area contributed by atoms with Crippen LogP contribution in [0.1, 0.15) is 33.3 Å². The molecule has 0 radical (unpaired) electrons. The van der Waals surface area contributed by atoms with E-state index in [9.17, 15) is 5.11 Å². The summed E-state index contributed by atoms with van der Waals surface area (Å²) in [6, 6.07) is 7.18. The number of nitrogens with two attached hydrogens (primary N) is 1. The number of anilines is 2. The largest absolute Gasteiger partial charge is 0.399 e. The normalized spacial score (nSPS) is 12.0. The predicted octanol–water partition coefficient (Wildman–Crippen LogP) is 2.10. The monoisotopic (exact) mass is 233 g/mol. The van der Waals surface area contributed by atoms with Crippen LogP contribution in [0.25, 0.3) is 0 Å². The maximum atomic E-state index is 10.1. The number of nitriles is 1. The molecule has 1 aromatic rings. The molecule has 0 fully saturated rings. The van der Waals surface area contributed by atoms with Gasteiger partial charge in [0.25, 0.3) is 0 Å². The zero-order valence-electron chi connectivity index (χ0n) is 10.7. The summed E-state index contributed by atoms with van der Waals surface area (Å²) in [5.74, 6) is 0. The number of nitrogen functional groups attached to an aromatic ring is 1. The van der Waals surface area contributed by atoms with Crippen LogP contribution < -0.4 is 11.1 Å². The lowest BCUT2D eigenvalue weighted by Crippen LogP contribution is -2.51. The second-order valence-corrected chi connectivity index (χ2v) is 5.23. The predicted molar refractivity (Wildman–Crippen MR) is 69.6 cm³/mol. The van der Waals surface area contributed by atoms with Crippen LogP contribution in [-0.4, -0.2) is 16.2 Å². The highest BCUT2D eigenvalue weighted by Gasteiger charge is 2.35. The van der Waals surface area contributed by atoms with Gasteiger partial charge in [0.1, 0.15) is 6.07 Å². The Kier molecular flexibility index (Phi) is 3.35. The Morgan fingerprint density at radius 1 is 1.29 bits per heavy atom. The number of nitrogens with one attached hydrogen (secondary N) is 1. The third-order valence-corrected chi connectivity index (χ3v) is 3.14. The Labute approximate surface area is 102 Å². The molecule has 0 bridgehead atoms. The van der Waals surface area contributed by atoms with Gasteiger partial charge in [0.15, 0.2) is 0 Å². The van der Waals surface area contributed by atoms with E-state index in [1.807, 2.05) is 13.8 Å². The first kappa shape index (κ1) is 13.3. The second-order valence-electron chi connectivity index (χ2n) is 5.23. The van der Waals surface area contributed by atoms with Crippen molar-refractivity contribution in [3.05, 3.63) is 23.8 Å². The smallest absolute Gasteiger partial charge is 0.101 e. The van der Waals surface area contributed by atoms with Gasteiger partial charge < -0.3 is 16.2 Å². The van der Waals surface area contributed by atoms with Gasteiger partial charge in [0, 0.05) is 5.69 Å². The first-order valence-electron chi connectivity index (χ1n) is 5.47. The van der Waals surface area contributed by atoms with E-state index in [2.05, 4.69) is 11.4 Å². The minimum absolute atomic E-state index is 0.474. The van der Waals surface area contributed by atoms with Gasteiger partial charge in [0.05, 0.1) is 22.4 Å². The van der Waals surface area contributed by atoms with E-state index in [-0.39, 0.29) is 0 Å². The van der Waals surface area contributed by atoms with E-state index in [1.54, 1.807) is 32.0 Å². The lowest BCUT2D eigenvalue weighted by molar-refractivity contribution is 0.0240. The summed E-state index contributed by atoms with van der Waals surface area (Å²) < 4.78 is 0. The summed E-state index contributed by atoms with van der Waals surface area (Å²) in [5.41, 5.74) is 5.85. The van der Waals surface area contributed by atoms with Crippen molar-refractivity contribution in [2.75, 3.05) is 11.1 Å². The molecule has 0 saturated heterocycles. The van der Waals surface area contributed by atoms with Gasteiger partial charge in [0.2, 0.25) is 0 Å². The third kappa shape index (κ3) is 2.89. The van der Waals surface area contributed by atoms with Crippen molar-refractivity contribution in [3.8, 4) is 6.07 Å². The van der Waals surface area contributed by atoms with Crippen LogP contribution in [0.15, 0.2) is 18.2 Å². The zero-order valence-corrected chi connectivity index (χ0v) is 10.7. The van der Waals surface area contributed by atoms with Crippen molar-refractivity contribution in [2.45, 2.75) is 38.8 Å². The van der Waals surface area contributed by atoms with Crippen LogP contribution in [0.3, 0.4) is 0 Å². The molecule has 0 heterocycles. The van der Waals surface area contributed by atoms with Crippen molar-refractivity contribution in [1.29, 1.82) is 5.26 Å². The number of nitrogens with zero attached hydrogens (tertiary/aromatic N) is 1. The van der Waals surface area contributed by atoms with Crippen LogP contribution in [0.2, 0.25) is 0 Å². The van der Waals surface area contributed by atoms with Crippen molar-refractivity contribution >= 4 is 11.4 Å². The summed E-state index contributed by atoms with van der Waals surface area (Å²) >= 11 is 0. The summed E-state index contributed by atoms with van der Waals surface area (Å²) in [4.78, 5) is 0. The Balaban J connectivity index is 3.09. The molecule has 0 spiro atoms. The molecule has 0 aliphatic rings. The molecule has 0 saturated carbocycles. The van der Waals surface area contributed by atoms with Gasteiger partial charge in [-0.2, -0.15) is 5.26 Å². The zero-order chi connectivity index (χ0) is 13.3. The molecule has 0 aromatic heterocycles. The number of rotatable bonds is 3. The van der Waals surface area contributed by atoms with E-state index in [0.29, 0.717) is 16.9 Å². The van der Waals surface area contributed by atoms with Crippen LogP contribution in [0.4, 0.5) is 11.4 Å². The van der Waals surface area contributed by atoms with Gasteiger partial charge in [-0.15, -0.1) is 0 Å². The number of benzene rings is 1. The molecule has 92 valence electrons. The summed E-state index contributed by atoms with van der Waals surface area (Å²) in [6.45, 7) is 7.21. The minimum Gasteiger partial charge on any atom is -0.399 e. The van der Waals surface area contributed by atoms with Crippen LogP contribution in [0, 0.1) is 11.3 Å². The molecule has 4 heteroatoms. The molecule has 17 heavy (non-hydrogen) atoms. The third-order valence-electron chi connectivity index (χ3n) is 3.14. The van der Waals surface area contributed by atoms with E-state index in [0.717, 1.165) is 0 Å². The van der Waals surface area contributed by atoms with Crippen molar-refractivity contribution < 1.29 is 5.11 Å². The van der Waals surface area contributed by atoms with Gasteiger partial charge in [-0.3, -0.25) is 0 Å². The topological polar surface area (TPSA) is 82.1 Å². The van der Waals surface area contributed by atoms with Gasteiger partial charge >= 0.3 is 0 Å². The first-order chi connectivity index (χ1) is 7.67. The van der Waals surface area contributed by atoms with Crippen molar-refractivity contribution in [3.63, 3.8) is 0 Å². The summed E-state index contributed by atoms with van der Waals surface area (Å²) in [6.07, 6.45) is 0. The fraction of sp³-hybridized carbons (Fsp3) is 0.462. The Bertz CT molecular complexity index is 453. The summed E-state index contributed by atoms with van der Waals surface area (Å²) in [5, 5.41) is 22.3. The molecule has 1 aromatic carbocycles. The lowest BCUT2D eigenvalue weighted by Gasteiger charge is -2.39. The molecular formula is C13H19N3O.